The summed E-state index contributed by atoms with van der Waals surface area (Å²) in [7, 11) is 0. The Balaban J connectivity index is 1.73. The molecule has 21 heavy (non-hydrogen) atoms. The zero-order chi connectivity index (χ0) is 14.9. The summed E-state index contributed by atoms with van der Waals surface area (Å²) in [5.41, 5.74) is 0.584. The predicted octanol–water partition coefficient (Wildman–Crippen LogP) is 1.08. The van der Waals surface area contributed by atoms with Crippen LogP contribution in [0.15, 0.2) is 36.5 Å². The summed E-state index contributed by atoms with van der Waals surface area (Å²) >= 11 is 0. The van der Waals surface area contributed by atoms with E-state index in [0.29, 0.717) is 6.54 Å². The molecule has 1 fully saturated rings. The number of nitrogens with one attached hydrogen (secondary N) is 1. The van der Waals surface area contributed by atoms with E-state index in [1.165, 1.54) is 10.9 Å². The number of carbonyl (C=O) groups excluding carboxylic acids is 1. The topological polar surface area (TPSA) is 87.4 Å². The van der Waals surface area contributed by atoms with Crippen LogP contribution in [-0.4, -0.2) is 39.1 Å². The fourth-order valence-corrected chi connectivity index (χ4v) is 2.16. The fraction of sp³-hybridized carbons (Fsp3) is 0.333. The summed E-state index contributed by atoms with van der Waals surface area (Å²) in [6.45, 7) is 0.470. The van der Waals surface area contributed by atoms with Crippen molar-refractivity contribution < 1.29 is 15.0 Å². The van der Waals surface area contributed by atoms with Crippen molar-refractivity contribution in [1.29, 1.82) is 0 Å². The van der Waals surface area contributed by atoms with E-state index in [1.807, 2.05) is 30.3 Å². The lowest BCUT2D eigenvalue weighted by Crippen LogP contribution is -2.32. The van der Waals surface area contributed by atoms with E-state index in [4.69, 9.17) is 0 Å². The minimum absolute atomic E-state index is 0.00686. The Labute approximate surface area is 122 Å². The molecule has 6 nitrogen and oxygen atoms in total. The van der Waals surface area contributed by atoms with Crippen molar-refractivity contribution in [2.45, 2.75) is 12.8 Å². The van der Waals surface area contributed by atoms with Crippen LogP contribution in [-0.2, 0) is 0 Å². The Morgan fingerprint density at radius 3 is 2.67 bits per heavy atom. The molecule has 0 bridgehead atoms. The van der Waals surface area contributed by atoms with E-state index in [9.17, 15) is 15.0 Å². The number of rotatable bonds is 5. The van der Waals surface area contributed by atoms with Crippen LogP contribution in [0.3, 0.4) is 0 Å². The highest BCUT2D eigenvalue weighted by Gasteiger charge is 2.42. The summed E-state index contributed by atoms with van der Waals surface area (Å²) in [6.07, 6.45) is 3.23. The van der Waals surface area contributed by atoms with E-state index in [-0.39, 0.29) is 23.5 Å². The number of aromatic hydroxyl groups is 1. The first kappa shape index (κ1) is 13.6. The molecule has 1 aromatic carbocycles. The molecule has 1 aliphatic rings. The number of hydrogen-bond acceptors (Lipinski definition) is 4. The molecule has 2 aromatic rings. The molecule has 0 radical (unpaired) electrons. The van der Waals surface area contributed by atoms with E-state index in [1.54, 1.807) is 0 Å². The first-order valence-corrected chi connectivity index (χ1v) is 6.87. The zero-order valence-corrected chi connectivity index (χ0v) is 11.5. The molecule has 110 valence electrons. The van der Waals surface area contributed by atoms with Gasteiger partial charge in [0.25, 0.3) is 5.91 Å². The lowest BCUT2D eigenvalue weighted by Gasteiger charge is -2.11. The van der Waals surface area contributed by atoms with Gasteiger partial charge in [-0.25, -0.2) is 4.68 Å². The summed E-state index contributed by atoms with van der Waals surface area (Å²) < 4.78 is 1.46. The van der Waals surface area contributed by atoms with Crippen molar-refractivity contribution in [2.24, 2.45) is 5.41 Å². The van der Waals surface area contributed by atoms with Crippen LogP contribution in [0.4, 0.5) is 0 Å². The number of carbonyl (C=O) groups is 1. The highest BCUT2D eigenvalue weighted by Crippen LogP contribution is 2.44. The molecule has 0 atom stereocenters. The summed E-state index contributed by atoms with van der Waals surface area (Å²) in [4.78, 5) is 12.1. The van der Waals surface area contributed by atoms with Gasteiger partial charge in [-0.05, 0) is 25.0 Å². The first-order chi connectivity index (χ1) is 10.1. The summed E-state index contributed by atoms with van der Waals surface area (Å²) in [5.74, 6) is -0.591. The van der Waals surface area contributed by atoms with Gasteiger partial charge < -0.3 is 15.5 Å². The Hall–Kier alpha value is -2.34. The van der Waals surface area contributed by atoms with E-state index < -0.39 is 5.91 Å². The van der Waals surface area contributed by atoms with Gasteiger partial charge in [-0.3, -0.25) is 4.79 Å². The Kier molecular flexibility index (Phi) is 3.39. The maximum atomic E-state index is 12.1. The van der Waals surface area contributed by atoms with Crippen molar-refractivity contribution in [1.82, 2.24) is 15.1 Å². The number of nitrogens with zero attached hydrogens (tertiary/aromatic N) is 2. The molecule has 0 unspecified atom stereocenters. The van der Waals surface area contributed by atoms with Crippen molar-refractivity contribution in [3.8, 4) is 11.4 Å². The SMILES string of the molecule is O=C(NCC1(CO)CC1)c1nn(-c2ccccc2)cc1O. The average molecular weight is 287 g/mol. The molecule has 0 saturated heterocycles. The van der Waals surface area contributed by atoms with E-state index in [0.717, 1.165) is 18.5 Å². The van der Waals surface area contributed by atoms with Gasteiger partial charge >= 0.3 is 0 Å². The molecule has 1 saturated carbocycles. The Morgan fingerprint density at radius 1 is 1.33 bits per heavy atom. The lowest BCUT2D eigenvalue weighted by atomic mass is 10.1. The Morgan fingerprint density at radius 2 is 2.05 bits per heavy atom. The third-order valence-corrected chi connectivity index (χ3v) is 3.85. The number of aliphatic hydroxyl groups is 1. The van der Waals surface area contributed by atoms with Crippen LogP contribution in [0, 0.1) is 5.41 Å². The van der Waals surface area contributed by atoms with Gasteiger partial charge in [0.05, 0.1) is 18.5 Å². The van der Waals surface area contributed by atoms with Gasteiger partial charge in [0.15, 0.2) is 11.4 Å². The number of hydrogen-bond donors (Lipinski definition) is 3. The predicted molar refractivity (Wildman–Crippen MR) is 76.3 cm³/mol. The second-order valence-electron chi connectivity index (χ2n) is 5.48. The van der Waals surface area contributed by atoms with Gasteiger partial charge in [-0.1, -0.05) is 18.2 Å². The maximum absolute atomic E-state index is 12.1. The quantitative estimate of drug-likeness (QED) is 0.768. The second kappa shape index (κ2) is 5.21. The zero-order valence-electron chi connectivity index (χ0n) is 11.5. The van der Waals surface area contributed by atoms with Crippen LogP contribution in [0.25, 0.3) is 5.69 Å². The van der Waals surface area contributed by atoms with Crippen molar-refractivity contribution >= 4 is 5.91 Å². The van der Waals surface area contributed by atoms with Gasteiger partial charge in [-0.15, -0.1) is 0 Å². The Bertz CT molecular complexity index is 647. The van der Waals surface area contributed by atoms with Crippen molar-refractivity contribution in [2.75, 3.05) is 13.2 Å². The number of benzene rings is 1. The normalized spacial score (nSPS) is 15.7. The second-order valence-corrected chi connectivity index (χ2v) is 5.48. The third-order valence-electron chi connectivity index (χ3n) is 3.85. The highest BCUT2D eigenvalue weighted by atomic mass is 16.3. The molecule has 0 spiro atoms. The molecule has 1 aromatic heterocycles. The largest absolute Gasteiger partial charge is 0.504 e. The van der Waals surface area contributed by atoms with Gasteiger partial charge in [-0.2, -0.15) is 5.10 Å². The number of aromatic nitrogens is 2. The minimum Gasteiger partial charge on any atom is -0.504 e. The molecule has 1 heterocycles. The summed E-state index contributed by atoms with van der Waals surface area (Å²) in [6, 6.07) is 9.25. The van der Waals surface area contributed by atoms with Crippen molar-refractivity contribution in [3.05, 3.63) is 42.2 Å². The maximum Gasteiger partial charge on any atom is 0.275 e. The fourth-order valence-electron chi connectivity index (χ4n) is 2.16. The number of para-hydroxylation sites is 1. The van der Waals surface area contributed by atoms with Gasteiger partial charge in [0.1, 0.15) is 0 Å². The standard InChI is InChI=1S/C15H17N3O3/c19-10-15(6-7-15)9-16-14(21)13-12(20)8-18(17-13)11-4-2-1-3-5-11/h1-5,8,19-20H,6-7,9-10H2,(H,16,21). The van der Waals surface area contributed by atoms with Gasteiger partial charge in [0.2, 0.25) is 0 Å². The molecule has 3 rings (SSSR count). The monoisotopic (exact) mass is 287 g/mol. The third kappa shape index (κ3) is 2.75. The molecule has 1 amide bonds. The number of amides is 1. The molecule has 3 N–H and O–H groups in total. The van der Waals surface area contributed by atoms with Gasteiger partial charge in [0, 0.05) is 12.0 Å². The number of aliphatic hydroxyl groups excluding tert-OH is 1. The minimum atomic E-state index is -0.429. The highest BCUT2D eigenvalue weighted by molar-refractivity contribution is 5.94. The van der Waals surface area contributed by atoms with E-state index >= 15 is 0 Å². The van der Waals surface area contributed by atoms with E-state index in [2.05, 4.69) is 10.4 Å². The average Bonchev–Trinajstić information content (AvgIpc) is 3.20. The molecule has 0 aliphatic heterocycles. The summed E-state index contributed by atoms with van der Waals surface area (Å²) in [5, 5.41) is 25.9. The molecular formula is C15H17N3O3. The molecular weight excluding hydrogens is 270 g/mol. The molecule has 1 aliphatic carbocycles. The van der Waals surface area contributed by atoms with Crippen LogP contribution in [0.5, 0.6) is 5.75 Å². The van der Waals surface area contributed by atoms with Crippen LogP contribution in [0.2, 0.25) is 0 Å². The first-order valence-electron chi connectivity index (χ1n) is 6.87. The lowest BCUT2D eigenvalue weighted by molar-refractivity contribution is 0.0927. The molecule has 6 heteroatoms. The van der Waals surface area contributed by atoms with Crippen LogP contribution in [0.1, 0.15) is 23.3 Å². The van der Waals surface area contributed by atoms with Crippen LogP contribution < -0.4 is 5.32 Å². The van der Waals surface area contributed by atoms with Crippen LogP contribution >= 0.6 is 0 Å². The van der Waals surface area contributed by atoms with Crippen molar-refractivity contribution in [3.63, 3.8) is 0 Å². The smallest absolute Gasteiger partial charge is 0.275 e.